The number of amides is 2. The van der Waals surface area contributed by atoms with Gasteiger partial charge in [-0.1, -0.05) is 18.2 Å². The van der Waals surface area contributed by atoms with Gasteiger partial charge in [-0.2, -0.15) is 4.79 Å². The largest absolute Gasteiger partial charge is 0.458 e. The molecule has 0 saturated carbocycles. The van der Waals surface area contributed by atoms with Gasteiger partial charge in [0, 0.05) is 43.4 Å². The van der Waals surface area contributed by atoms with Gasteiger partial charge in [0.2, 0.25) is 17.6 Å². The summed E-state index contributed by atoms with van der Waals surface area (Å²) in [4.78, 5) is 53.4. The highest BCUT2D eigenvalue weighted by Gasteiger charge is 2.31. The number of rotatable bonds is 13. The zero-order valence-electron chi connectivity index (χ0n) is 21.8. The van der Waals surface area contributed by atoms with Crippen LogP contribution in [0.15, 0.2) is 30.5 Å². The lowest BCUT2D eigenvalue weighted by Gasteiger charge is -2.26. The molecule has 0 unspecified atom stereocenters. The fourth-order valence-electron chi connectivity index (χ4n) is 3.86. The molecule has 200 valence electrons. The molecule has 0 fully saturated rings. The molecule has 0 radical (unpaired) electrons. The maximum absolute atomic E-state index is 13.4. The van der Waals surface area contributed by atoms with Crippen LogP contribution in [-0.4, -0.2) is 63.4 Å². The number of para-hydroxylation sites is 1. The first-order valence-electron chi connectivity index (χ1n) is 12.2. The minimum absolute atomic E-state index is 0.0758. The molecular formula is C26H36N6O5. The van der Waals surface area contributed by atoms with E-state index in [1.165, 1.54) is 0 Å². The summed E-state index contributed by atoms with van der Waals surface area (Å²) >= 11 is 0. The number of fused-ring (bicyclic) bond motifs is 1. The molecule has 0 aliphatic rings. The van der Waals surface area contributed by atoms with Crippen LogP contribution in [0.4, 0.5) is 0 Å². The Labute approximate surface area is 216 Å². The molecule has 0 saturated heterocycles. The van der Waals surface area contributed by atoms with Crippen LogP contribution in [0, 0.1) is 0 Å². The lowest BCUT2D eigenvalue weighted by atomic mass is 10.0. The van der Waals surface area contributed by atoms with Crippen LogP contribution in [0.1, 0.15) is 52.0 Å². The Morgan fingerprint density at radius 2 is 1.84 bits per heavy atom. The number of Topliss-reactive ketones (excluding diaryl/α,β-unsaturated/α-hetero) is 1. The first-order chi connectivity index (χ1) is 17.4. The smallest absolute Gasteiger partial charge is 0.329 e. The average molecular weight is 513 g/mol. The number of ketones is 1. The molecule has 0 spiro atoms. The number of hydrogen-bond acceptors (Lipinski definition) is 6. The highest BCUT2D eigenvalue weighted by Crippen LogP contribution is 2.22. The number of nitrogens with one attached hydrogen (secondary N) is 2. The van der Waals surface area contributed by atoms with Gasteiger partial charge in [0.25, 0.3) is 0 Å². The van der Waals surface area contributed by atoms with Crippen molar-refractivity contribution < 1.29 is 28.7 Å². The van der Waals surface area contributed by atoms with Gasteiger partial charge in [-0.3, -0.25) is 14.4 Å². The Kier molecular flexibility index (Phi) is 10.7. The van der Waals surface area contributed by atoms with E-state index in [9.17, 15) is 19.2 Å². The van der Waals surface area contributed by atoms with E-state index in [-0.39, 0.29) is 31.6 Å². The van der Waals surface area contributed by atoms with E-state index in [0.29, 0.717) is 13.0 Å². The van der Waals surface area contributed by atoms with Gasteiger partial charge in [-0.25, -0.2) is 4.79 Å². The molecule has 1 aromatic heterocycles. The first kappa shape index (κ1) is 29.4. The molecule has 11 heteroatoms. The Morgan fingerprint density at radius 3 is 2.49 bits per heavy atom. The van der Waals surface area contributed by atoms with Gasteiger partial charge >= 0.3 is 12.2 Å². The molecule has 11 nitrogen and oxygen atoms in total. The van der Waals surface area contributed by atoms with Gasteiger partial charge in [0.15, 0.2) is 0 Å². The van der Waals surface area contributed by atoms with Crippen molar-refractivity contribution in [3.8, 4) is 0 Å². The predicted octanol–water partition coefficient (Wildman–Crippen LogP) is 1.42. The topological polar surface area (TPSA) is 169 Å². The van der Waals surface area contributed by atoms with Crippen molar-refractivity contribution in [3.05, 3.63) is 41.6 Å². The van der Waals surface area contributed by atoms with E-state index >= 15 is 0 Å². The molecule has 2 rings (SSSR count). The van der Waals surface area contributed by atoms with Crippen LogP contribution in [-0.2, 0) is 37.4 Å². The lowest BCUT2D eigenvalue weighted by molar-refractivity contribution is -0.159. The summed E-state index contributed by atoms with van der Waals surface area (Å²) in [5.41, 5.74) is 15.1. The molecule has 1 heterocycles. The number of nitrogens with two attached hydrogens (primary N) is 1. The van der Waals surface area contributed by atoms with Crippen molar-refractivity contribution in [2.75, 3.05) is 6.54 Å². The van der Waals surface area contributed by atoms with Crippen LogP contribution >= 0.6 is 0 Å². The number of aromatic nitrogens is 1. The van der Waals surface area contributed by atoms with Crippen molar-refractivity contribution >= 4 is 40.7 Å². The zero-order chi connectivity index (χ0) is 27.6. The van der Waals surface area contributed by atoms with Crippen LogP contribution < -0.4 is 16.4 Å². The molecule has 0 aliphatic heterocycles. The van der Waals surface area contributed by atoms with E-state index < -0.39 is 35.3 Å². The lowest BCUT2D eigenvalue weighted by Crippen LogP contribution is -2.53. The monoisotopic (exact) mass is 512 g/mol. The number of nitrogens with zero attached hydrogens (tertiary/aromatic N) is 3. The third kappa shape index (κ3) is 9.29. The molecule has 0 bridgehead atoms. The highest BCUT2D eigenvalue weighted by atomic mass is 16.6. The molecule has 0 aliphatic carbocycles. The van der Waals surface area contributed by atoms with Crippen molar-refractivity contribution in [1.82, 2.24) is 15.2 Å². The van der Waals surface area contributed by atoms with Crippen molar-refractivity contribution in [2.45, 2.75) is 70.6 Å². The molecule has 1 aromatic carbocycles. The number of esters is 1. The molecule has 2 aromatic rings. The number of benzene rings is 1. The van der Waals surface area contributed by atoms with E-state index in [2.05, 4.69) is 15.4 Å². The average Bonchev–Trinajstić information content (AvgIpc) is 3.14. The van der Waals surface area contributed by atoms with Crippen LogP contribution in [0.3, 0.4) is 0 Å². The number of ether oxygens (including phenoxy) is 1. The highest BCUT2D eigenvalue weighted by molar-refractivity contribution is 6.25. The number of carbonyl (C=O) groups excluding carboxylic acids is 4. The second-order valence-corrected chi connectivity index (χ2v) is 9.84. The predicted molar refractivity (Wildman–Crippen MR) is 139 cm³/mol. The van der Waals surface area contributed by atoms with Crippen molar-refractivity contribution in [2.24, 2.45) is 12.8 Å². The van der Waals surface area contributed by atoms with Crippen LogP contribution in [0.2, 0.25) is 0 Å². The second-order valence-electron chi connectivity index (χ2n) is 9.84. The summed E-state index contributed by atoms with van der Waals surface area (Å²) in [6, 6.07) is 5.56. The summed E-state index contributed by atoms with van der Waals surface area (Å²) in [5.74, 6) is -2.16. The van der Waals surface area contributed by atoms with Crippen LogP contribution in [0.5, 0.6) is 0 Å². The zero-order valence-corrected chi connectivity index (χ0v) is 21.8. The van der Waals surface area contributed by atoms with Crippen molar-refractivity contribution in [1.29, 1.82) is 0 Å². The maximum Gasteiger partial charge on any atom is 0.329 e. The normalized spacial score (nSPS) is 12.8. The SMILES string of the molecule is Cn1cc(C[C@H](NC(=O)CCCN)C(=O)N[C@@H](CCC(=O)C=[N+]=[N-])C(=O)OC(C)(C)C)c2ccccc21. The van der Waals surface area contributed by atoms with Gasteiger partial charge < -0.3 is 31.2 Å². The second kappa shape index (κ2) is 13.5. The summed E-state index contributed by atoms with van der Waals surface area (Å²) in [6.45, 7) is 5.40. The van der Waals surface area contributed by atoms with E-state index in [1.807, 2.05) is 42.1 Å². The first-order valence-corrected chi connectivity index (χ1v) is 12.2. The Bertz CT molecular complexity index is 1180. The van der Waals surface area contributed by atoms with Gasteiger partial charge in [0.1, 0.15) is 17.7 Å². The minimum atomic E-state index is -1.15. The van der Waals surface area contributed by atoms with Gasteiger partial charge in [0.05, 0.1) is 0 Å². The van der Waals surface area contributed by atoms with Crippen molar-refractivity contribution in [3.63, 3.8) is 0 Å². The molecule has 2 atom stereocenters. The maximum atomic E-state index is 13.4. The third-order valence-electron chi connectivity index (χ3n) is 5.55. The van der Waals surface area contributed by atoms with Crippen LogP contribution in [0.25, 0.3) is 16.4 Å². The van der Waals surface area contributed by atoms with E-state index in [0.717, 1.165) is 22.7 Å². The third-order valence-corrected chi connectivity index (χ3v) is 5.55. The number of hydrogen-bond donors (Lipinski definition) is 3. The minimum Gasteiger partial charge on any atom is -0.458 e. The summed E-state index contributed by atoms with van der Waals surface area (Å²) < 4.78 is 7.37. The fraction of sp³-hybridized carbons (Fsp3) is 0.500. The Hall–Kier alpha value is -3.82. The molecular weight excluding hydrogens is 476 g/mol. The van der Waals surface area contributed by atoms with E-state index in [1.54, 1.807) is 20.8 Å². The molecule has 37 heavy (non-hydrogen) atoms. The van der Waals surface area contributed by atoms with Gasteiger partial charge in [-0.15, -0.1) is 0 Å². The summed E-state index contributed by atoms with van der Waals surface area (Å²) in [7, 11) is 1.89. The Balaban J connectivity index is 2.31. The molecule has 2 amide bonds. The fourth-order valence-corrected chi connectivity index (χ4v) is 3.86. The summed E-state index contributed by atoms with van der Waals surface area (Å²) in [6.07, 6.45) is 3.19. The van der Waals surface area contributed by atoms with E-state index in [4.69, 9.17) is 16.0 Å². The number of carbonyl (C=O) groups is 4. The summed E-state index contributed by atoms with van der Waals surface area (Å²) in [5, 5.41) is 6.36. The van der Waals surface area contributed by atoms with Gasteiger partial charge in [-0.05, 0) is 51.8 Å². The number of aryl methyl sites for hydroxylation is 1. The Morgan fingerprint density at radius 1 is 1.14 bits per heavy atom. The quantitative estimate of drug-likeness (QED) is 0.159. The molecule has 4 N–H and O–H groups in total. The standard InChI is InChI=1S/C26H36N6O5/c1-26(2,3)37-25(36)20(12-11-18(33)15-29-28)31-24(35)21(30-23(34)10-7-13-27)14-17-16-32(4)22-9-6-5-8-19(17)22/h5-6,8-9,15-16,20-21H,7,10-14,27H2,1-4H3,(H,30,34)(H,31,35)/t20-,21-/m0/s1.